The van der Waals surface area contributed by atoms with Crippen LogP contribution in [-0.2, 0) is 9.53 Å². The Kier molecular flexibility index (Phi) is 4.75. The summed E-state index contributed by atoms with van der Waals surface area (Å²) in [6.45, 7) is 1.44. The molecule has 0 aliphatic heterocycles. The van der Waals surface area contributed by atoms with E-state index in [9.17, 15) is 14.0 Å². The molecule has 0 aromatic heterocycles. The van der Waals surface area contributed by atoms with E-state index >= 15 is 0 Å². The van der Waals surface area contributed by atoms with E-state index in [2.05, 4.69) is 5.32 Å². The Hall–Kier alpha value is -3.21. The molecule has 0 radical (unpaired) electrons. The van der Waals surface area contributed by atoms with Crippen molar-refractivity contribution in [3.63, 3.8) is 0 Å². The maximum Gasteiger partial charge on any atom is 0.341 e. The monoisotopic (exact) mass is 337 g/mol. The number of carbonyl (C=O) groups is 2. The topological polar surface area (TPSA) is 55.4 Å². The van der Waals surface area contributed by atoms with Crippen LogP contribution >= 0.6 is 0 Å². The van der Waals surface area contributed by atoms with Crippen LogP contribution in [0.15, 0.2) is 66.7 Å². The van der Waals surface area contributed by atoms with E-state index in [1.807, 2.05) is 36.4 Å². The van der Waals surface area contributed by atoms with Gasteiger partial charge in [-0.25, -0.2) is 9.18 Å². The third-order valence-electron chi connectivity index (χ3n) is 3.79. The quantitative estimate of drug-likeness (QED) is 0.727. The zero-order chi connectivity index (χ0) is 17.8. The zero-order valence-electron chi connectivity index (χ0n) is 13.5. The van der Waals surface area contributed by atoms with Gasteiger partial charge in [0.2, 0.25) is 0 Å². The fraction of sp³-hybridized carbons (Fsp3) is 0.100. The first-order valence-electron chi connectivity index (χ1n) is 7.80. The van der Waals surface area contributed by atoms with Gasteiger partial charge in [-0.15, -0.1) is 0 Å². The molecular formula is C20H16FNO3. The highest BCUT2D eigenvalue weighted by Gasteiger charge is 2.21. The SMILES string of the molecule is C[C@H](OC(=O)c1ccccc1F)C(=O)Nc1cccc2ccccc12. The Morgan fingerprint density at radius 3 is 2.44 bits per heavy atom. The fourth-order valence-electron chi connectivity index (χ4n) is 2.47. The van der Waals surface area contributed by atoms with Crippen LogP contribution in [0.2, 0.25) is 0 Å². The van der Waals surface area contributed by atoms with Crippen LogP contribution < -0.4 is 5.32 Å². The van der Waals surface area contributed by atoms with E-state index in [1.165, 1.54) is 25.1 Å². The number of carbonyl (C=O) groups excluding carboxylic acids is 2. The second-order valence-electron chi connectivity index (χ2n) is 5.54. The molecule has 4 nitrogen and oxygen atoms in total. The summed E-state index contributed by atoms with van der Waals surface area (Å²) in [5.41, 5.74) is 0.421. The first-order valence-corrected chi connectivity index (χ1v) is 7.80. The molecule has 3 rings (SSSR count). The summed E-state index contributed by atoms with van der Waals surface area (Å²) in [6.07, 6.45) is -1.06. The van der Waals surface area contributed by atoms with Crippen LogP contribution in [-0.4, -0.2) is 18.0 Å². The number of nitrogens with one attached hydrogen (secondary N) is 1. The van der Waals surface area contributed by atoms with Gasteiger partial charge in [0.05, 0.1) is 5.56 Å². The summed E-state index contributed by atoms with van der Waals surface area (Å²) >= 11 is 0. The van der Waals surface area contributed by atoms with Crippen LogP contribution in [0.25, 0.3) is 10.8 Å². The second-order valence-corrected chi connectivity index (χ2v) is 5.54. The summed E-state index contributed by atoms with van der Waals surface area (Å²) in [5, 5.41) is 4.61. The molecule has 1 amide bonds. The van der Waals surface area contributed by atoms with Crippen LogP contribution in [0.3, 0.4) is 0 Å². The van der Waals surface area contributed by atoms with Gasteiger partial charge in [0.25, 0.3) is 5.91 Å². The van der Waals surface area contributed by atoms with Gasteiger partial charge >= 0.3 is 5.97 Å². The minimum absolute atomic E-state index is 0.202. The maximum atomic E-state index is 13.6. The van der Waals surface area contributed by atoms with Crippen LogP contribution in [0.5, 0.6) is 0 Å². The first-order chi connectivity index (χ1) is 12.1. The lowest BCUT2D eigenvalue weighted by molar-refractivity contribution is -0.123. The van der Waals surface area contributed by atoms with Crippen LogP contribution in [0.1, 0.15) is 17.3 Å². The molecule has 3 aromatic carbocycles. The highest BCUT2D eigenvalue weighted by molar-refractivity contribution is 6.04. The van der Waals surface area contributed by atoms with E-state index in [1.54, 1.807) is 6.07 Å². The minimum Gasteiger partial charge on any atom is -0.449 e. The number of hydrogen-bond donors (Lipinski definition) is 1. The minimum atomic E-state index is -1.06. The van der Waals surface area contributed by atoms with Crippen LogP contribution in [0, 0.1) is 5.82 Å². The van der Waals surface area contributed by atoms with Crippen molar-refractivity contribution < 1.29 is 18.7 Å². The lowest BCUT2D eigenvalue weighted by atomic mass is 10.1. The molecule has 0 heterocycles. The normalized spacial score (nSPS) is 11.8. The van der Waals surface area contributed by atoms with Crippen molar-refractivity contribution >= 4 is 28.3 Å². The highest BCUT2D eigenvalue weighted by atomic mass is 19.1. The third kappa shape index (κ3) is 3.66. The third-order valence-corrected chi connectivity index (χ3v) is 3.79. The molecule has 3 aromatic rings. The smallest absolute Gasteiger partial charge is 0.341 e. The van der Waals surface area contributed by atoms with Crippen molar-refractivity contribution in [2.45, 2.75) is 13.0 Å². The van der Waals surface area contributed by atoms with Crippen molar-refractivity contribution in [3.8, 4) is 0 Å². The summed E-state index contributed by atoms with van der Waals surface area (Å²) < 4.78 is 18.7. The molecule has 0 saturated carbocycles. The number of benzene rings is 3. The summed E-state index contributed by atoms with van der Waals surface area (Å²) in [7, 11) is 0. The number of hydrogen-bond acceptors (Lipinski definition) is 3. The number of esters is 1. The average Bonchev–Trinajstić information content (AvgIpc) is 2.62. The van der Waals surface area contributed by atoms with E-state index in [0.29, 0.717) is 5.69 Å². The Labute approximate surface area is 144 Å². The van der Waals surface area contributed by atoms with Gasteiger partial charge in [-0.05, 0) is 30.5 Å². The number of anilines is 1. The molecule has 1 atom stereocenters. The lowest BCUT2D eigenvalue weighted by Gasteiger charge is -2.15. The van der Waals surface area contributed by atoms with Gasteiger partial charge in [0, 0.05) is 11.1 Å². The predicted octanol–water partition coefficient (Wildman–Crippen LogP) is 4.16. The van der Waals surface area contributed by atoms with Crippen molar-refractivity contribution in [2.24, 2.45) is 0 Å². The van der Waals surface area contributed by atoms with Gasteiger partial charge in [-0.2, -0.15) is 0 Å². The molecule has 0 aliphatic carbocycles. The lowest BCUT2D eigenvalue weighted by Crippen LogP contribution is -2.30. The summed E-state index contributed by atoms with van der Waals surface area (Å²) in [5.74, 6) is -2.05. The average molecular weight is 337 g/mol. The number of fused-ring (bicyclic) bond motifs is 1. The van der Waals surface area contributed by atoms with Crippen molar-refractivity contribution in [1.29, 1.82) is 0 Å². The summed E-state index contributed by atoms with van der Waals surface area (Å²) in [4.78, 5) is 24.3. The second kappa shape index (κ2) is 7.13. The largest absolute Gasteiger partial charge is 0.449 e. The highest BCUT2D eigenvalue weighted by Crippen LogP contribution is 2.23. The van der Waals surface area contributed by atoms with E-state index in [4.69, 9.17) is 4.74 Å². The molecule has 1 N–H and O–H groups in total. The van der Waals surface area contributed by atoms with Gasteiger partial charge < -0.3 is 10.1 Å². The van der Waals surface area contributed by atoms with Gasteiger partial charge in [0.1, 0.15) is 5.82 Å². The standard InChI is InChI=1S/C20H16FNO3/c1-13(25-20(24)16-10-4-5-11-17(16)21)19(23)22-18-12-6-8-14-7-2-3-9-15(14)18/h2-13H,1H3,(H,22,23)/t13-/m0/s1. The molecular weight excluding hydrogens is 321 g/mol. The van der Waals surface area contributed by atoms with E-state index in [-0.39, 0.29) is 5.56 Å². The van der Waals surface area contributed by atoms with Crippen LogP contribution in [0.4, 0.5) is 10.1 Å². The zero-order valence-corrected chi connectivity index (χ0v) is 13.5. The Morgan fingerprint density at radius 1 is 0.960 bits per heavy atom. The molecule has 5 heteroatoms. The first kappa shape index (κ1) is 16.6. The number of amides is 1. The molecule has 126 valence electrons. The Bertz CT molecular complexity index is 934. The molecule has 0 fully saturated rings. The molecule has 0 spiro atoms. The molecule has 25 heavy (non-hydrogen) atoms. The molecule has 0 aliphatic rings. The molecule has 0 bridgehead atoms. The van der Waals surface area contributed by atoms with Crippen molar-refractivity contribution in [3.05, 3.63) is 78.1 Å². The Balaban J connectivity index is 1.72. The Morgan fingerprint density at radius 2 is 1.64 bits per heavy atom. The van der Waals surface area contributed by atoms with Gasteiger partial charge in [-0.1, -0.05) is 48.5 Å². The van der Waals surface area contributed by atoms with Gasteiger partial charge in [-0.3, -0.25) is 4.79 Å². The van der Waals surface area contributed by atoms with Gasteiger partial charge in [0.15, 0.2) is 6.10 Å². The predicted molar refractivity (Wildman–Crippen MR) is 93.9 cm³/mol. The number of ether oxygens (including phenoxy) is 1. The number of halogens is 1. The maximum absolute atomic E-state index is 13.6. The molecule has 0 unspecified atom stereocenters. The summed E-state index contributed by atoms with van der Waals surface area (Å²) in [6, 6.07) is 18.6. The molecule has 0 saturated heterocycles. The van der Waals surface area contributed by atoms with Crippen molar-refractivity contribution in [2.75, 3.05) is 5.32 Å². The van der Waals surface area contributed by atoms with Crippen molar-refractivity contribution in [1.82, 2.24) is 0 Å². The van der Waals surface area contributed by atoms with E-state index in [0.717, 1.165) is 16.8 Å². The van der Waals surface area contributed by atoms with E-state index < -0.39 is 23.8 Å². The fourth-order valence-corrected chi connectivity index (χ4v) is 2.47. The number of rotatable bonds is 4.